The molecule has 210 valence electrons. The number of ether oxygens (including phenoxy) is 5. The Morgan fingerprint density at radius 2 is 1.55 bits per heavy atom. The maximum atomic E-state index is 13.5. The number of nitrogens with zero attached hydrogens (tertiary/aromatic N) is 2. The van der Waals surface area contributed by atoms with Crippen LogP contribution in [0, 0.1) is 6.92 Å². The minimum atomic E-state index is -0.230. The molecule has 0 unspecified atom stereocenters. The SMILES string of the molecule is COc1ccc(N2CCN(Cc3c(O)cc(C)c4c3OC(=Cc3cc(OC)c(OC)c(OC)c3)C4=O)CC2)cc1. The Kier molecular flexibility index (Phi) is 7.75. The van der Waals surface area contributed by atoms with Crippen LogP contribution >= 0.6 is 0 Å². The summed E-state index contributed by atoms with van der Waals surface area (Å²) < 4.78 is 27.7. The van der Waals surface area contributed by atoms with Gasteiger partial charge in [0.1, 0.15) is 17.2 Å². The Bertz CT molecular complexity index is 1420. The molecule has 1 fully saturated rings. The van der Waals surface area contributed by atoms with Crippen LogP contribution in [-0.2, 0) is 6.54 Å². The summed E-state index contributed by atoms with van der Waals surface area (Å²) in [5, 5.41) is 10.9. The number of aryl methyl sites for hydroxylation is 1. The number of phenolic OH excluding ortho intramolecular Hbond substituents is 1. The van der Waals surface area contributed by atoms with E-state index < -0.39 is 0 Å². The van der Waals surface area contributed by atoms with Crippen LogP contribution in [0.1, 0.15) is 27.0 Å². The van der Waals surface area contributed by atoms with Crippen molar-refractivity contribution >= 4 is 17.5 Å². The maximum absolute atomic E-state index is 13.5. The van der Waals surface area contributed by atoms with E-state index in [4.69, 9.17) is 23.7 Å². The number of hydrogen-bond donors (Lipinski definition) is 1. The van der Waals surface area contributed by atoms with E-state index in [1.807, 2.05) is 12.1 Å². The van der Waals surface area contributed by atoms with Crippen molar-refractivity contribution in [1.29, 1.82) is 0 Å². The molecule has 9 nitrogen and oxygen atoms in total. The number of methoxy groups -OCH3 is 4. The van der Waals surface area contributed by atoms with Crippen LogP contribution in [0.25, 0.3) is 6.08 Å². The summed E-state index contributed by atoms with van der Waals surface area (Å²) in [5.74, 6) is 2.72. The molecule has 2 aliphatic heterocycles. The lowest BCUT2D eigenvalue weighted by Crippen LogP contribution is -2.46. The van der Waals surface area contributed by atoms with Gasteiger partial charge in [-0.15, -0.1) is 0 Å². The summed E-state index contributed by atoms with van der Waals surface area (Å²) in [6, 6.07) is 13.2. The Morgan fingerprint density at radius 1 is 0.900 bits per heavy atom. The first-order chi connectivity index (χ1) is 19.4. The van der Waals surface area contributed by atoms with Crippen molar-refractivity contribution < 1.29 is 33.6 Å². The predicted octanol–water partition coefficient (Wildman–Crippen LogP) is 4.67. The van der Waals surface area contributed by atoms with Crippen LogP contribution in [0.15, 0.2) is 48.2 Å². The Hall–Kier alpha value is -4.37. The normalized spacial score (nSPS) is 16.1. The van der Waals surface area contributed by atoms with Crippen molar-refractivity contribution in [1.82, 2.24) is 4.90 Å². The van der Waals surface area contributed by atoms with Crippen LogP contribution < -0.4 is 28.6 Å². The van der Waals surface area contributed by atoms with Crippen LogP contribution in [-0.4, -0.2) is 70.4 Å². The van der Waals surface area contributed by atoms with Crippen molar-refractivity contribution in [2.24, 2.45) is 0 Å². The number of allylic oxidation sites excluding steroid dienone is 1. The van der Waals surface area contributed by atoms with Gasteiger partial charge in [-0.25, -0.2) is 0 Å². The van der Waals surface area contributed by atoms with Crippen molar-refractivity contribution in [2.45, 2.75) is 13.5 Å². The third kappa shape index (κ3) is 5.12. The van der Waals surface area contributed by atoms with Crippen molar-refractivity contribution in [2.75, 3.05) is 59.5 Å². The van der Waals surface area contributed by atoms with Gasteiger partial charge in [-0.2, -0.15) is 0 Å². The zero-order valence-electron chi connectivity index (χ0n) is 23.4. The monoisotopic (exact) mass is 546 g/mol. The van der Waals surface area contributed by atoms with Gasteiger partial charge in [0.05, 0.1) is 39.6 Å². The van der Waals surface area contributed by atoms with E-state index in [0.717, 1.165) is 37.6 Å². The van der Waals surface area contributed by atoms with E-state index in [1.165, 1.54) is 21.3 Å². The molecule has 0 aromatic heterocycles. The number of benzene rings is 3. The van der Waals surface area contributed by atoms with Gasteiger partial charge in [0.25, 0.3) is 0 Å². The number of piperazine rings is 1. The van der Waals surface area contributed by atoms with E-state index >= 15 is 0 Å². The number of aromatic hydroxyl groups is 1. The molecule has 40 heavy (non-hydrogen) atoms. The molecule has 3 aromatic carbocycles. The van der Waals surface area contributed by atoms with Crippen LogP contribution in [0.2, 0.25) is 0 Å². The molecule has 5 rings (SSSR count). The minimum Gasteiger partial charge on any atom is -0.507 e. The maximum Gasteiger partial charge on any atom is 0.232 e. The van der Waals surface area contributed by atoms with Gasteiger partial charge < -0.3 is 33.7 Å². The lowest BCUT2D eigenvalue weighted by atomic mass is 9.99. The number of phenols is 1. The van der Waals surface area contributed by atoms with Gasteiger partial charge in [-0.1, -0.05) is 0 Å². The molecule has 1 saturated heterocycles. The first kappa shape index (κ1) is 27.2. The molecular weight excluding hydrogens is 512 g/mol. The summed E-state index contributed by atoms with van der Waals surface area (Å²) in [4.78, 5) is 18.1. The highest BCUT2D eigenvalue weighted by atomic mass is 16.5. The van der Waals surface area contributed by atoms with Crippen LogP contribution in [0.4, 0.5) is 5.69 Å². The molecule has 0 radical (unpaired) electrons. The molecule has 0 aliphatic carbocycles. The highest BCUT2D eigenvalue weighted by molar-refractivity contribution is 6.16. The average molecular weight is 547 g/mol. The fourth-order valence-corrected chi connectivity index (χ4v) is 5.25. The van der Waals surface area contributed by atoms with E-state index in [-0.39, 0.29) is 17.3 Å². The molecule has 3 aromatic rings. The Morgan fingerprint density at radius 3 is 2.12 bits per heavy atom. The van der Waals surface area contributed by atoms with Crippen molar-refractivity contribution in [3.05, 3.63) is 70.5 Å². The smallest absolute Gasteiger partial charge is 0.232 e. The predicted molar refractivity (Wildman–Crippen MR) is 152 cm³/mol. The van der Waals surface area contributed by atoms with Crippen LogP contribution in [0.5, 0.6) is 34.5 Å². The van der Waals surface area contributed by atoms with E-state index in [2.05, 4.69) is 21.9 Å². The second-order valence-corrected chi connectivity index (χ2v) is 9.75. The summed E-state index contributed by atoms with van der Waals surface area (Å²) in [6.45, 7) is 5.56. The largest absolute Gasteiger partial charge is 0.507 e. The molecule has 9 heteroatoms. The number of anilines is 1. The number of carbonyl (C=O) groups excluding carboxylic acids is 1. The Balaban J connectivity index is 1.37. The molecule has 0 atom stereocenters. The number of fused-ring (bicyclic) bond motifs is 1. The standard InChI is InChI=1S/C31H34N2O7/c1-19-14-24(34)23(18-32-10-12-33(13-11-32)21-6-8-22(36-2)9-7-21)30-28(19)29(35)25(40-30)15-20-16-26(37-3)31(39-5)27(17-20)38-4/h6-9,14-17,34H,10-13,18H2,1-5H3. The first-order valence-electron chi connectivity index (χ1n) is 13.1. The average Bonchev–Trinajstić information content (AvgIpc) is 3.30. The summed E-state index contributed by atoms with van der Waals surface area (Å²) in [7, 11) is 6.27. The molecular formula is C31H34N2O7. The second-order valence-electron chi connectivity index (χ2n) is 9.75. The van der Waals surface area contributed by atoms with Crippen molar-refractivity contribution in [3.63, 3.8) is 0 Å². The van der Waals surface area contributed by atoms with E-state index in [1.54, 1.807) is 38.3 Å². The zero-order valence-corrected chi connectivity index (χ0v) is 23.4. The zero-order chi connectivity index (χ0) is 28.4. The summed E-state index contributed by atoms with van der Waals surface area (Å²) in [5.41, 5.74) is 3.56. The number of Topliss-reactive ketones (excluding diaryl/α,β-unsaturated/α-hetero) is 1. The van der Waals surface area contributed by atoms with E-state index in [9.17, 15) is 9.90 Å². The molecule has 1 N–H and O–H groups in total. The highest BCUT2D eigenvalue weighted by Gasteiger charge is 2.34. The molecule has 0 saturated carbocycles. The lowest BCUT2D eigenvalue weighted by molar-refractivity contribution is 0.101. The fourth-order valence-electron chi connectivity index (χ4n) is 5.25. The first-order valence-corrected chi connectivity index (χ1v) is 13.1. The van der Waals surface area contributed by atoms with Gasteiger partial charge in [-0.05, 0) is 66.6 Å². The Labute approximate surface area is 234 Å². The summed E-state index contributed by atoms with van der Waals surface area (Å²) in [6.07, 6.45) is 1.65. The number of ketones is 1. The topological polar surface area (TPSA) is 89.9 Å². The van der Waals surface area contributed by atoms with Gasteiger partial charge in [0.15, 0.2) is 17.3 Å². The summed E-state index contributed by atoms with van der Waals surface area (Å²) >= 11 is 0. The number of rotatable bonds is 8. The minimum absolute atomic E-state index is 0.121. The fraction of sp³-hybridized carbons (Fsp3) is 0.323. The van der Waals surface area contributed by atoms with Crippen molar-refractivity contribution in [3.8, 4) is 34.5 Å². The molecule has 0 spiro atoms. The van der Waals surface area contributed by atoms with Gasteiger partial charge >= 0.3 is 0 Å². The number of hydrogen-bond acceptors (Lipinski definition) is 9. The third-order valence-electron chi connectivity index (χ3n) is 7.40. The van der Waals surface area contributed by atoms with Gasteiger partial charge in [0.2, 0.25) is 11.5 Å². The molecule has 2 aliphatic rings. The highest BCUT2D eigenvalue weighted by Crippen LogP contribution is 2.44. The van der Waals surface area contributed by atoms with Gasteiger partial charge in [0, 0.05) is 38.4 Å². The number of carbonyl (C=O) groups is 1. The van der Waals surface area contributed by atoms with Crippen LogP contribution in [0.3, 0.4) is 0 Å². The lowest BCUT2D eigenvalue weighted by Gasteiger charge is -2.36. The second kappa shape index (κ2) is 11.4. The molecule has 0 bridgehead atoms. The van der Waals surface area contributed by atoms with Gasteiger partial charge in [-0.3, -0.25) is 9.69 Å². The molecule has 0 amide bonds. The van der Waals surface area contributed by atoms with E-state index in [0.29, 0.717) is 51.8 Å². The quantitative estimate of drug-likeness (QED) is 0.405. The molecule has 2 heterocycles. The third-order valence-corrected chi connectivity index (χ3v) is 7.40.